The van der Waals surface area contributed by atoms with Crippen molar-refractivity contribution in [3.63, 3.8) is 0 Å². The van der Waals surface area contributed by atoms with Gasteiger partial charge in [0.1, 0.15) is 0 Å². The van der Waals surface area contributed by atoms with E-state index in [1.54, 1.807) is 0 Å². The summed E-state index contributed by atoms with van der Waals surface area (Å²) in [5, 5.41) is 3.58. The lowest BCUT2D eigenvalue weighted by Gasteiger charge is -2.34. The predicted octanol–water partition coefficient (Wildman–Crippen LogP) is 2.58. The Morgan fingerprint density at radius 1 is 1.14 bits per heavy atom. The zero-order valence-corrected chi connectivity index (χ0v) is 10.3. The van der Waals surface area contributed by atoms with Crippen molar-refractivity contribution in [2.75, 3.05) is 6.54 Å². The van der Waals surface area contributed by atoms with Crippen LogP contribution in [-0.2, 0) is 4.74 Å². The molecule has 1 aliphatic rings. The first-order valence-corrected chi connectivity index (χ1v) is 5.77. The number of nitrogens with one attached hydrogen (secondary N) is 1. The molecular formula is C12H25NO. The van der Waals surface area contributed by atoms with Gasteiger partial charge in [-0.15, -0.1) is 0 Å². The first-order valence-electron chi connectivity index (χ1n) is 5.77. The molecule has 0 radical (unpaired) electrons. The molecule has 0 bridgehead atoms. The number of rotatable bonds is 2. The van der Waals surface area contributed by atoms with Crippen molar-refractivity contribution >= 4 is 0 Å². The van der Waals surface area contributed by atoms with Gasteiger partial charge < -0.3 is 10.1 Å². The van der Waals surface area contributed by atoms with E-state index < -0.39 is 0 Å². The maximum atomic E-state index is 5.72. The van der Waals surface area contributed by atoms with Crippen LogP contribution in [0, 0.1) is 5.92 Å². The monoisotopic (exact) mass is 199 g/mol. The second-order valence-corrected chi connectivity index (χ2v) is 5.73. The Morgan fingerprint density at radius 3 is 2.07 bits per heavy atom. The standard InChI is InChI=1S/C12H25NO/c1-9-6-11(7-10(2)14-9)8-13-12(3,4)5/h9-11,13H,6-8H2,1-5H3. The normalized spacial score (nSPS) is 34.5. The topological polar surface area (TPSA) is 21.3 Å². The maximum absolute atomic E-state index is 5.72. The molecule has 1 saturated heterocycles. The highest BCUT2D eigenvalue weighted by Crippen LogP contribution is 2.24. The Kier molecular flexibility index (Phi) is 3.96. The third kappa shape index (κ3) is 4.43. The van der Waals surface area contributed by atoms with Crippen LogP contribution in [0.5, 0.6) is 0 Å². The second-order valence-electron chi connectivity index (χ2n) is 5.73. The summed E-state index contributed by atoms with van der Waals surface area (Å²) in [6.45, 7) is 12.2. The third-order valence-corrected chi connectivity index (χ3v) is 2.72. The quantitative estimate of drug-likeness (QED) is 0.738. The Morgan fingerprint density at radius 2 is 1.64 bits per heavy atom. The van der Waals surface area contributed by atoms with Gasteiger partial charge in [-0.25, -0.2) is 0 Å². The molecule has 1 rings (SSSR count). The van der Waals surface area contributed by atoms with Crippen LogP contribution in [0.2, 0.25) is 0 Å². The molecule has 2 nitrogen and oxygen atoms in total. The fraction of sp³-hybridized carbons (Fsp3) is 1.00. The van der Waals surface area contributed by atoms with Gasteiger partial charge in [0, 0.05) is 5.54 Å². The summed E-state index contributed by atoms with van der Waals surface area (Å²) in [5.41, 5.74) is 0.241. The molecule has 1 heterocycles. The van der Waals surface area contributed by atoms with Gasteiger partial charge >= 0.3 is 0 Å². The zero-order valence-electron chi connectivity index (χ0n) is 10.3. The fourth-order valence-corrected chi connectivity index (χ4v) is 2.16. The molecule has 14 heavy (non-hydrogen) atoms. The number of hydrogen-bond donors (Lipinski definition) is 1. The average molecular weight is 199 g/mol. The third-order valence-electron chi connectivity index (χ3n) is 2.72. The van der Waals surface area contributed by atoms with Crippen LogP contribution in [0.4, 0.5) is 0 Å². The molecular weight excluding hydrogens is 174 g/mol. The first-order chi connectivity index (χ1) is 6.37. The molecule has 0 aliphatic carbocycles. The Hall–Kier alpha value is -0.0800. The van der Waals surface area contributed by atoms with E-state index in [4.69, 9.17) is 4.74 Å². The van der Waals surface area contributed by atoms with Crippen molar-refractivity contribution in [1.29, 1.82) is 0 Å². The highest BCUT2D eigenvalue weighted by Gasteiger charge is 2.25. The van der Waals surface area contributed by atoms with E-state index in [1.165, 1.54) is 12.8 Å². The van der Waals surface area contributed by atoms with E-state index in [1.807, 2.05) is 0 Å². The lowest BCUT2D eigenvalue weighted by molar-refractivity contribution is -0.0523. The predicted molar refractivity (Wildman–Crippen MR) is 60.5 cm³/mol. The van der Waals surface area contributed by atoms with E-state index >= 15 is 0 Å². The van der Waals surface area contributed by atoms with E-state index in [0.717, 1.165) is 12.5 Å². The van der Waals surface area contributed by atoms with Gasteiger partial charge in [0.25, 0.3) is 0 Å². The summed E-state index contributed by atoms with van der Waals surface area (Å²) >= 11 is 0. The highest BCUT2D eigenvalue weighted by atomic mass is 16.5. The Balaban J connectivity index is 2.30. The van der Waals surface area contributed by atoms with Crippen molar-refractivity contribution < 1.29 is 4.74 Å². The summed E-state index contributed by atoms with van der Waals surface area (Å²) in [6.07, 6.45) is 3.27. The van der Waals surface area contributed by atoms with Crippen LogP contribution >= 0.6 is 0 Å². The van der Waals surface area contributed by atoms with Crippen molar-refractivity contribution in [1.82, 2.24) is 5.32 Å². The molecule has 2 atom stereocenters. The molecule has 0 aromatic rings. The summed E-state index contributed by atoms with van der Waals surface area (Å²) in [5.74, 6) is 0.785. The Labute approximate surface area is 88.4 Å². The molecule has 1 fully saturated rings. The van der Waals surface area contributed by atoms with Crippen molar-refractivity contribution in [2.45, 2.75) is 65.2 Å². The van der Waals surface area contributed by atoms with Gasteiger partial charge in [-0.3, -0.25) is 0 Å². The molecule has 2 heteroatoms. The number of hydrogen-bond acceptors (Lipinski definition) is 2. The summed E-state index contributed by atoms with van der Waals surface area (Å²) in [6, 6.07) is 0. The van der Waals surface area contributed by atoms with Crippen LogP contribution in [0.1, 0.15) is 47.5 Å². The summed E-state index contributed by atoms with van der Waals surface area (Å²) in [4.78, 5) is 0. The van der Waals surface area contributed by atoms with Gasteiger partial charge in [-0.2, -0.15) is 0 Å². The zero-order chi connectivity index (χ0) is 10.8. The smallest absolute Gasteiger partial charge is 0.0553 e. The summed E-state index contributed by atoms with van der Waals surface area (Å²) in [7, 11) is 0. The van der Waals surface area contributed by atoms with Crippen LogP contribution < -0.4 is 5.32 Å². The van der Waals surface area contributed by atoms with E-state index in [0.29, 0.717) is 12.2 Å². The molecule has 84 valence electrons. The van der Waals surface area contributed by atoms with Gasteiger partial charge in [0.2, 0.25) is 0 Å². The minimum Gasteiger partial charge on any atom is -0.376 e. The van der Waals surface area contributed by atoms with Crippen molar-refractivity contribution in [2.24, 2.45) is 5.92 Å². The van der Waals surface area contributed by atoms with Gasteiger partial charge in [-0.1, -0.05) is 0 Å². The van der Waals surface area contributed by atoms with Gasteiger partial charge in [0.15, 0.2) is 0 Å². The molecule has 1 N–H and O–H groups in total. The second kappa shape index (κ2) is 4.63. The highest BCUT2D eigenvalue weighted by molar-refractivity contribution is 4.78. The molecule has 0 aromatic carbocycles. The largest absolute Gasteiger partial charge is 0.376 e. The molecule has 1 aliphatic heterocycles. The van der Waals surface area contributed by atoms with Crippen LogP contribution in [-0.4, -0.2) is 24.3 Å². The molecule has 0 amide bonds. The molecule has 2 unspecified atom stereocenters. The average Bonchev–Trinajstić information content (AvgIpc) is 1.97. The molecule has 0 saturated carbocycles. The van der Waals surface area contributed by atoms with E-state index in [2.05, 4.69) is 39.9 Å². The van der Waals surface area contributed by atoms with Crippen molar-refractivity contribution in [3.8, 4) is 0 Å². The van der Waals surface area contributed by atoms with E-state index in [9.17, 15) is 0 Å². The molecule has 0 aromatic heterocycles. The molecule has 0 spiro atoms. The lowest BCUT2D eigenvalue weighted by Crippen LogP contribution is -2.42. The van der Waals surface area contributed by atoms with Gasteiger partial charge in [0.05, 0.1) is 12.2 Å². The van der Waals surface area contributed by atoms with Crippen LogP contribution in [0.25, 0.3) is 0 Å². The van der Waals surface area contributed by atoms with Crippen LogP contribution in [0.3, 0.4) is 0 Å². The summed E-state index contributed by atoms with van der Waals surface area (Å²) < 4.78 is 5.72. The van der Waals surface area contributed by atoms with Crippen molar-refractivity contribution in [3.05, 3.63) is 0 Å². The van der Waals surface area contributed by atoms with E-state index in [-0.39, 0.29) is 5.54 Å². The minimum atomic E-state index is 0.241. The SMILES string of the molecule is CC1CC(CNC(C)(C)C)CC(C)O1. The Bertz CT molecular complexity index is 164. The van der Waals surface area contributed by atoms with Crippen LogP contribution in [0.15, 0.2) is 0 Å². The number of ether oxygens (including phenoxy) is 1. The van der Waals surface area contributed by atoms with Gasteiger partial charge in [-0.05, 0) is 59.9 Å². The fourth-order valence-electron chi connectivity index (χ4n) is 2.16. The first kappa shape index (κ1) is 12.0. The lowest BCUT2D eigenvalue weighted by atomic mass is 9.92. The minimum absolute atomic E-state index is 0.241. The maximum Gasteiger partial charge on any atom is 0.0553 e.